The molecular formula is C12H18N2O3S. The molecular weight excluding hydrogens is 252 g/mol. The van der Waals surface area contributed by atoms with E-state index in [2.05, 4.69) is 10.3 Å². The van der Waals surface area contributed by atoms with Crippen LogP contribution in [0.25, 0.3) is 0 Å². The largest absolute Gasteiger partial charge is 0.481 e. The fraction of sp³-hybridized carbons (Fsp3) is 0.583. The third-order valence-electron chi connectivity index (χ3n) is 2.38. The molecule has 1 rings (SSSR count). The van der Waals surface area contributed by atoms with Gasteiger partial charge in [0.2, 0.25) is 0 Å². The molecule has 1 aromatic rings. The predicted octanol–water partition coefficient (Wildman–Crippen LogP) is 2.11. The van der Waals surface area contributed by atoms with Crippen LogP contribution in [0.4, 0.5) is 0 Å². The first kappa shape index (κ1) is 14.6. The Labute approximate surface area is 110 Å². The number of thiazole rings is 1. The fourth-order valence-electron chi connectivity index (χ4n) is 1.38. The van der Waals surface area contributed by atoms with Crippen molar-refractivity contribution in [3.8, 4) is 0 Å². The van der Waals surface area contributed by atoms with Crippen LogP contribution >= 0.6 is 11.3 Å². The van der Waals surface area contributed by atoms with E-state index < -0.39 is 5.97 Å². The van der Waals surface area contributed by atoms with Crippen LogP contribution in [0.3, 0.4) is 0 Å². The SMILES string of the molecule is CC(CNC(=O)c1cnc(C(C)C)s1)CC(=O)O. The van der Waals surface area contributed by atoms with E-state index in [9.17, 15) is 9.59 Å². The summed E-state index contributed by atoms with van der Waals surface area (Å²) in [5.41, 5.74) is 0. The van der Waals surface area contributed by atoms with Gasteiger partial charge < -0.3 is 10.4 Å². The van der Waals surface area contributed by atoms with Gasteiger partial charge in [0.15, 0.2) is 0 Å². The number of amides is 1. The highest BCUT2D eigenvalue weighted by molar-refractivity contribution is 7.13. The third kappa shape index (κ3) is 4.44. The van der Waals surface area contributed by atoms with Crippen molar-refractivity contribution in [2.24, 2.45) is 5.92 Å². The predicted molar refractivity (Wildman–Crippen MR) is 70.0 cm³/mol. The van der Waals surface area contributed by atoms with Crippen molar-refractivity contribution in [3.63, 3.8) is 0 Å². The van der Waals surface area contributed by atoms with Crippen molar-refractivity contribution in [2.75, 3.05) is 6.54 Å². The quantitative estimate of drug-likeness (QED) is 0.829. The van der Waals surface area contributed by atoms with Crippen molar-refractivity contribution in [1.82, 2.24) is 10.3 Å². The standard InChI is InChI=1S/C12H18N2O3S/c1-7(2)12-14-6-9(18-12)11(17)13-5-8(3)4-10(15)16/h6-8H,4-5H2,1-3H3,(H,13,17)(H,15,16). The first-order chi connectivity index (χ1) is 8.40. The van der Waals surface area contributed by atoms with Crippen LogP contribution < -0.4 is 5.32 Å². The fourth-order valence-corrected chi connectivity index (χ4v) is 2.22. The zero-order chi connectivity index (χ0) is 13.7. The number of carboxylic acids is 1. The summed E-state index contributed by atoms with van der Waals surface area (Å²) in [5, 5.41) is 12.3. The van der Waals surface area contributed by atoms with E-state index in [-0.39, 0.29) is 18.2 Å². The minimum absolute atomic E-state index is 0.0558. The molecule has 1 amide bonds. The first-order valence-corrected chi connectivity index (χ1v) is 6.67. The molecule has 2 N–H and O–H groups in total. The first-order valence-electron chi connectivity index (χ1n) is 5.85. The van der Waals surface area contributed by atoms with Gasteiger partial charge in [0.25, 0.3) is 5.91 Å². The average molecular weight is 270 g/mol. The van der Waals surface area contributed by atoms with Gasteiger partial charge in [-0.3, -0.25) is 9.59 Å². The van der Waals surface area contributed by atoms with Crippen LogP contribution in [-0.2, 0) is 4.79 Å². The molecule has 0 radical (unpaired) electrons. The number of carboxylic acid groups (broad SMARTS) is 1. The van der Waals surface area contributed by atoms with E-state index >= 15 is 0 Å². The maximum Gasteiger partial charge on any atom is 0.303 e. The molecule has 0 spiro atoms. The summed E-state index contributed by atoms with van der Waals surface area (Å²) >= 11 is 1.38. The third-order valence-corrected chi connectivity index (χ3v) is 3.67. The van der Waals surface area contributed by atoms with Gasteiger partial charge >= 0.3 is 5.97 Å². The normalized spacial score (nSPS) is 12.4. The number of hydrogen-bond donors (Lipinski definition) is 2. The number of nitrogens with zero attached hydrogens (tertiary/aromatic N) is 1. The number of aromatic nitrogens is 1. The molecule has 18 heavy (non-hydrogen) atoms. The van der Waals surface area contributed by atoms with Gasteiger partial charge in [0, 0.05) is 18.9 Å². The van der Waals surface area contributed by atoms with Gasteiger partial charge in [-0.25, -0.2) is 4.98 Å². The minimum Gasteiger partial charge on any atom is -0.481 e. The highest BCUT2D eigenvalue weighted by Gasteiger charge is 2.14. The van der Waals surface area contributed by atoms with E-state index in [0.717, 1.165) is 5.01 Å². The number of aliphatic carboxylic acids is 1. The lowest BCUT2D eigenvalue weighted by Crippen LogP contribution is -2.28. The molecule has 6 heteroatoms. The Bertz CT molecular complexity index is 429. The average Bonchev–Trinajstić information content (AvgIpc) is 2.74. The summed E-state index contributed by atoms with van der Waals surface area (Å²) in [6.07, 6.45) is 1.62. The molecule has 0 bridgehead atoms. The zero-order valence-corrected chi connectivity index (χ0v) is 11.6. The van der Waals surface area contributed by atoms with Crippen molar-refractivity contribution >= 4 is 23.2 Å². The Morgan fingerprint density at radius 3 is 2.61 bits per heavy atom. The monoisotopic (exact) mass is 270 g/mol. The van der Waals surface area contributed by atoms with E-state index in [0.29, 0.717) is 17.3 Å². The Morgan fingerprint density at radius 1 is 1.44 bits per heavy atom. The molecule has 1 aromatic heterocycles. The number of carbonyl (C=O) groups is 2. The Morgan fingerprint density at radius 2 is 2.11 bits per heavy atom. The number of hydrogen-bond acceptors (Lipinski definition) is 4. The lowest BCUT2D eigenvalue weighted by Gasteiger charge is -2.09. The van der Waals surface area contributed by atoms with Crippen LogP contribution in [0.2, 0.25) is 0 Å². The maximum atomic E-state index is 11.8. The molecule has 0 aliphatic heterocycles. The zero-order valence-electron chi connectivity index (χ0n) is 10.8. The molecule has 0 aliphatic rings. The van der Waals surface area contributed by atoms with Gasteiger partial charge in [-0.05, 0) is 5.92 Å². The molecule has 0 fully saturated rings. The molecule has 1 heterocycles. The molecule has 1 atom stereocenters. The molecule has 0 saturated carbocycles. The van der Waals surface area contributed by atoms with Crippen molar-refractivity contribution < 1.29 is 14.7 Å². The summed E-state index contributed by atoms with van der Waals surface area (Å²) in [4.78, 5) is 27.0. The smallest absolute Gasteiger partial charge is 0.303 e. The van der Waals surface area contributed by atoms with Crippen LogP contribution in [0.1, 0.15) is 47.8 Å². The summed E-state index contributed by atoms with van der Waals surface area (Å²) in [6.45, 7) is 6.20. The van der Waals surface area contributed by atoms with Gasteiger partial charge in [-0.2, -0.15) is 0 Å². The molecule has 0 aromatic carbocycles. The highest BCUT2D eigenvalue weighted by Crippen LogP contribution is 2.20. The second-order valence-electron chi connectivity index (χ2n) is 4.63. The molecule has 0 saturated heterocycles. The topological polar surface area (TPSA) is 79.3 Å². The van der Waals surface area contributed by atoms with E-state index in [1.54, 1.807) is 13.1 Å². The molecule has 1 unspecified atom stereocenters. The number of nitrogens with one attached hydrogen (secondary N) is 1. The van der Waals surface area contributed by atoms with Crippen LogP contribution in [0, 0.1) is 5.92 Å². The van der Waals surface area contributed by atoms with Crippen LogP contribution in [0.5, 0.6) is 0 Å². The summed E-state index contributed by atoms with van der Waals surface area (Å²) < 4.78 is 0. The lowest BCUT2D eigenvalue weighted by atomic mass is 10.1. The van der Waals surface area contributed by atoms with Gasteiger partial charge in [0.1, 0.15) is 4.88 Å². The van der Waals surface area contributed by atoms with E-state index in [1.165, 1.54) is 11.3 Å². The van der Waals surface area contributed by atoms with E-state index in [1.807, 2.05) is 13.8 Å². The number of carbonyl (C=O) groups excluding carboxylic acids is 1. The summed E-state index contributed by atoms with van der Waals surface area (Å²) in [7, 11) is 0. The van der Waals surface area contributed by atoms with Crippen molar-refractivity contribution in [1.29, 1.82) is 0 Å². The second-order valence-corrected chi connectivity index (χ2v) is 5.69. The molecule has 100 valence electrons. The Kier molecular flexibility index (Phi) is 5.27. The van der Waals surface area contributed by atoms with Crippen molar-refractivity contribution in [3.05, 3.63) is 16.1 Å². The summed E-state index contributed by atoms with van der Waals surface area (Å²) in [6, 6.07) is 0. The number of rotatable bonds is 6. The van der Waals surface area contributed by atoms with Gasteiger partial charge in [-0.1, -0.05) is 20.8 Å². The van der Waals surface area contributed by atoms with Crippen LogP contribution in [-0.4, -0.2) is 28.5 Å². The van der Waals surface area contributed by atoms with E-state index in [4.69, 9.17) is 5.11 Å². The van der Waals surface area contributed by atoms with Crippen molar-refractivity contribution in [2.45, 2.75) is 33.1 Å². The highest BCUT2D eigenvalue weighted by atomic mass is 32.1. The summed E-state index contributed by atoms with van der Waals surface area (Å²) in [5.74, 6) is -0.806. The van der Waals surface area contributed by atoms with Crippen LogP contribution in [0.15, 0.2) is 6.20 Å². The van der Waals surface area contributed by atoms with Gasteiger partial charge in [-0.15, -0.1) is 11.3 Å². The van der Waals surface area contributed by atoms with Gasteiger partial charge in [0.05, 0.1) is 11.2 Å². The lowest BCUT2D eigenvalue weighted by molar-refractivity contribution is -0.137. The molecule has 5 nitrogen and oxygen atoms in total. The Hall–Kier alpha value is -1.43. The molecule has 0 aliphatic carbocycles. The minimum atomic E-state index is -0.850. The second kappa shape index (κ2) is 6.49. The Balaban J connectivity index is 2.47. The maximum absolute atomic E-state index is 11.8.